The number of hydrogen-bond donors (Lipinski definition) is 1. The maximum absolute atomic E-state index is 13.4. The summed E-state index contributed by atoms with van der Waals surface area (Å²) in [5, 5.41) is 2.93. The quantitative estimate of drug-likeness (QED) is 0.864. The van der Waals surface area contributed by atoms with Crippen LogP contribution >= 0.6 is 11.6 Å². The molecule has 1 aliphatic rings. The molecule has 1 N–H and O–H groups in total. The molecular weight excluding hydrogens is 273 g/mol. The maximum atomic E-state index is 13.4. The van der Waals surface area contributed by atoms with E-state index >= 15 is 0 Å². The SMILES string of the molecule is CC(OC(=O)c1cc(Cl)ccc1F)C(=O)NC1CC1. The minimum absolute atomic E-state index is 0.177. The Kier molecular flexibility index (Phi) is 4.04. The van der Waals surface area contributed by atoms with Crippen molar-refractivity contribution in [1.82, 2.24) is 5.32 Å². The Balaban J connectivity index is 1.99. The average molecular weight is 286 g/mol. The fourth-order valence-corrected chi connectivity index (χ4v) is 1.65. The number of rotatable bonds is 4. The third-order valence-corrected chi connectivity index (χ3v) is 2.96. The molecule has 2 rings (SSSR count). The van der Waals surface area contributed by atoms with Gasteiger partial charge in [0.15, 0.2) is 6.10 Å². The predicted octanol–water partition coefficient (Wildman–Crippen LogP) is 2.30. The van der Waals surface area contributed by atoms with Crippen molar-refractivity contribution in [2.24, 2.45) is 0 Å². The highest BCUT2D eigenvalue weighted by atomic mass is 35.5. The largest absolute Gasteiger partial charge is 0.449 e. The zero-order chi connectivity index (χ0) is 14.0. The van der Waals surface area contributed by atoms with Gasteiger partial charge in [0.1, 0.15) is 5.82 Å². The maximum Gasteiger partial charge on any atom is 0.341 e. The van der Waals surface area contributed by atoms with Crippen molar-refractivity contribution in [3.8, 4) is 0 Å². The van der Waals surface area contributed by atoms with Crippen LogP contribution in [0.1, 0.15) is 30.1 Å². The van der Waals surface area contributed by atoms with Crippen molar-refractivity contribution >= 4 is 23.5 Å². The summed E-state index contributed by atoms with van der Waals surface area (Å²) in [7, 11) is 0. The van der Waals surface area contributed by atoms with Crippen molar-refractivity contribution < 1.29 is 18.7 Å². The molecule has 1 aromatic carbocycles. The summed E-state index contributed by atoms with van der Waals surface area (Å²) in [6.45, 7) is 1.44. The molecule has 1 aromatic rings. The molecule has 0 bridgehead atoms. The minimum atomic E-state index is -0.966. The molecule has 1 saturated carbocycles. The molecule has 0 saturated heterocycles. The standard InChI is InChI=1S/C13H13ClFNO3/c1-7(12(17)16-9-3-4-9)19-13(18)10-6-8(14)2-5-11(10)15/h2,5-7,9H,3-4H2,1H3,(H,16,17). The van der Waals surface area contributed by atoms with Gasteiger partial charge < -0.3 is 10.1 Å². The van der Waals surface area contributed by atoms with Crippen LogP contribution in [-0.4, -0.2) is 24.0 Å². The fourth-order valence-electron chi connectivity index (χ4n) is 1.48. The van der Waals surface area contributed by atoms with Gasteiger partial charge in [0.2, 0.25) is 0 Å². The molecule has 1 fully saturated rings. The molecule has 1 atom stereocenters. The van der Waals surface area contributed by atoms with Crippen molar-refractivity contribution in [2.45, 2.75) is 31.9 Å². The van der Waals surface area contributed by atoms with Crippen molar-refractivity contribution in [1.29, 1.82) is 0 Å². The number of carbonyl (C=O) groups is 2. The van der Waals surface area contributed by atoms with Gasteiger partial charge in [0.05, 0.1) is 5.56 Å². The summed E-state index contributed by atoms with van der Waals surface area (Å²) in [5.74, 6) is -2.01. The molecule has 0 aromatic heterocycles. The molecule has 6 heteroatoms. The first kappa shape index (κ1) is 13.8. The Bertz CT molecular complexity index is 517. The van der Waals surface area contributed by atoms with Crippen LogP contribution in [0, 0.1) is 5.82 Å². The first-order valence-corrected chi connectivity index (χ1v) is 6.31. The van der Waals surface area contributed by atoms with Crippen LogP contribution in [0.4, 0.5) is 4.39 Å². The highest BCUT2D eigenvalue weighted by molar-refractivity contribution is 6.30. The van der Waals surface area contributed by atoms with E-state index in [9.17, 15) is 14.0 Å². The second-order valence-corrected chi connectivity index (χ2v) is 4.89. The van der Waals surface area contributed by atoms with Gasteiger partial charge in [-0.3, -0.25) is 4.79 Å². The normalized spacial score (nSPS) is 15.7. The summed E-state index contributed by atoms with van der Waals surface area (Å²) in [6.07, 6.45) is 0.913. The number of esters is 1. The van der Waals surface area contributed by atoms with Crippen molar-refractivity contribution in [3.63, 3.8) is 0 Å². The van der Waals surface area contributed by atoms with E-state index in [1.807, 2.05) is 0 Å². The molecule has 1 unspecified atom stereocenters. The van der Waals surface area contributed by atoms with Crippen LogP contribution in [0.25, 0.3) is 0 Å². The monoisotopic (exact) mass is 285 g/mol. The second-order valence-electron chi connectivity index (χ2n) is 4.45. The molecule has 19 heavy (non-hydrogen) atoms. The van der Waals surface area contributed by atoms with Crippen LogP contribution < -0.4 is 5.32 Å². The van der Waals surface area contributed by atoms with E-state index in [0.717, 1.165) is 18.9 Å². The Morgan fingerprint density at radius 2 is 2.16 bits per heavy atom. The molecule has 0 heterocycles. The summed E-state index contributed by atoms with van der Waals surface area (Å²) in [4.78, 5) is 23.3. The van der Waals surface area contributed by atoms with Crippen molar-refractivity contribution in [3.05, 3.63) is 34.6 Å². The zero-order valence-corrected chi connectivity index (χ0v) is 11.0. The van der Waals surface area contributed by atoms with Crippen LogP contribution in [0.2, 0.25) is 5.02 Å². The first-order chi connectivity index (χ1) is 8.97. The van der Waals surface area contributed by atoms with Gasteiger partial charge in [-0.25, -0.2) is 9.18 Å². The number of ether oxygens (including phenoxy) is 1. The van der Waals surface area contributed by atoms with Crippen molar-refractivity contribution in [2.75, 3.05) is 0 Å². The fraction of sp³-hybridized carbons (Fsp3) is 0.385. The lowest BCUT2D eigenvalue weighted by Gasteiger charge is -2.13. The minimum Gasteiger partial charge on any atom is -0.449 e. The van der Waals surface area contributed by atoms with Crippen LogP contribution in [0.3, 0.4) is 0 Å². The number of amides is 1. The Labute approximate surface area is 114 Å². The van der Waals surface area contributed by atoms with Gasteiger partial charge in [-0.05, 0) is 38.0 Å². The zero-order valence-electron chi connectivity index (χ0n) is 10.3. The lowest BCUT2D eigenvalue weighted by molar-refractivity contribution is -0.129. The van der Waals surface area contributed by atoms with E-state index in [4.69, 9.17) is 16.3 Å². The Hall–Kier alpha value is -1.62. The van der Waals surface area contributed by atoms with E-state index in [-0.39, 0.29) is 22.5 Å². The van der Waals surface area contributed by atoms with E-state index in [1.54, 1.807) is 0 Å². The number of benzene rings is 1. The lowest BCUT2D eigenvalue weighted by atomic mass is 10.2. The van der Waals surface area contributed by atoms with Crippen LogP contribution in [0.5, 0.6) is 0 Å². The number of halogens is 2. The third kappa shape index (κ3) is 3.67. The molecule has 4 nitrogen and oxygen atoms in total. The topological polar surface area (TPSA) is 55.4 Å². The smallest absolute Gasteiger partial charge is 0.341 e. The third-order valence-electron chi connectivity index (χ3n) is 2.73. The molecule has 0 aliphatic heterocycles. The average Bonchev–Trinajstić information content (AvgIpc) is 3.15. The van der Waals surface area contributed by atoms with E-state index in [1.165, 1.54) is 19.1 Å². The molecular formula is C13H13ClFNO3. The number of nitrogens with one attached hydrogen (secondary N) is 1. The van der Waals surface area contributed by atoms with Gasteiger partial charge in [-0.1, -0.05) is 11.6 Å². The number of hydrogen-bond acceptors (Lipinski definition) is 3. The first-order valence-electron chi connectivity index (χ1n) is 5.94. The summed E-state index contributed by atoms with van der Waals surface area (Å²) >= 11 is 5.68. The number of carbonyl (C=O) groups excluding carboxylic acids is 2. The van der Waals surface area contributed by atoms with E-state index < -0.39 is 17.9 Å². The second kappa shape index (κ2) is 5.57. The highest BCUT2D eigenvalue weighted by Crippen LogP contribution is 2.19. The summed E-state index contributed by atoms with van der Waals surface area (Å²) < 4.78 is 18.3. The predicted molar refractivity (Wildman–Crippen MR) is 67.5 cm³/mol. The van der Waals surface area contributed by atoms with Gasteiger partial charge in [-0.15, -0.1) is 0 Å². The molecule has 102 valence electrons. The summed E-state index contributed by atoms with van der Waals surface area (Å²) in [5.41, 5.74) is -0.279. The van der Waals surface area contributed by atoms with Crippen LogP contribution in [0.15, 0.2) is 18.2 Å². The van der Waals surface area contributed by atoms with Gasteiger partial charge >= 0.3 is 5.97 Å². The molecule has 0 spiro atoms. The lowest BCUT2D eigenvalue weighted by Crippen LogP contribution is -2.37. The Morgan fingerprint density at radius 1 is 1.47 bits per heavy atom. The molecule has 1 amide bonds. The van der Waals surface area contributed by atoms with E-state index in [2.05, 4.69) is 5.32 Å². The van der Waals surface area contributed by atoms with Gasteiger partial charge in [0.25, 0.3) is 5.91 Å². The van der Waals surface area contributed by atoms with Crippen LogP contribution in [-0.2, 0) is 9.53 Å². The molecule has 0 radical (unpaired) electrons. The summed E-state index contributed by atoms with van der Waals surface area (Å²) in [6, 6.07) is 3.76. The van der Waals surface area contributed by atoms with Gasteiger partial charge in [-0.2, -0.15) is 0 Å². The van der Waals surface area contributed by atoms with Gasteiger partial charge in [0, 0.05) is 11.1 Å². The Morgan fingerprint density at radius 3 is 2.79 bits per heavy atom. The molecule has 1 aliphatic carbocycles. The highest BCUT2D eigenvalue weighted by Gasteiger charge is 2.27. The van der Waals surface area contributed by atoms with E-state index in [0.29, 0.717) is 0 Å².